The molecule has 0 radical (unpaired) electrons. The molecule has 0 N–H and O–H groups in total. The van der Waals surface area contributed by atoms with Gasteiger partial charge in [0.25, 0.3) is 0 Å². The molecule has 23 heavy (non-hydrogen) atoms. The van der Waals surface area contributed by atoms with Crippen molar-refractivity contribution in [1.82, 2.24) is 0 Å². The lowest BCUT2D eigenvalue weighted by molar-refractivity contribution is 0.0188. The summed E-state index contributed by atoms with van der Waals surface area (Å²) >= 11 is 0. The Hall–Kier alpha value is 0. The van der Waals surface area contributed by atoms with Crippen LogP contribution in [0.15, 0.2) is 0 Å². The predicted molar refractivity (Wildman–Crippen MR) is 99.4 cm³/mol. The van der Waals surface area contributed by atoms with Crippen molar-refractivity contribution in [3.63, 3.8) is 0 Å². The SMILES string of the molecule is CC(C)C1CCC(CC2(C3CCC(C4CCCC4)C3)CCC2)C1. The second-order valence-electron chi connectivity index (χ2n) is 10.4. The summed E-state index contributed by atoms with van der Waals surface area (Å²) in [6.07, 6.45) is 22.1. The molecule has 0 aromatic heterocycles. The van der Waals surface area contributed by atoms with Gasteiger partial charge in [-0.15, -0.1) is 0 Å². The van der Waals surface area contributed by atoms with Crippen molar-refractivity contribution in [2.24, 2.45) is 40.9 Å². The fraction of sp³-hybridized carbons (Fsp3) is 1.00. The summed E-state index contributed by atoms with van der Waals surface area (Å²) in [6, 6.07) is 0. The zero-order valence-corrected chi connectivity index (χ0v) is 15.9. The van der Waals surface area contributed by atoms with Crippen molar-refractivity contribution in [1.29, 1.82) is 0 Å². The molecule has 0 heteroatoms. The predicted octanol–water partition coefficient (Wildman–Crippen LogP) is 7.23. The highest BCUT2D eigenvalue weighted by atomic mass is 14.5. The van der Waals surface area contributed by atoms with E-state index in [9.17, 15) is 0 Å². The maximum atomic E-state index is 2.45. The topological polar surface area (TPSA) is 0 Å². The van der Waals surface area contributed by atoms with Gasteiger partial charge in [-0.3, -0.25) is 0 Å². The lowest BCUT2D eigenvalue weighted by atomic mass is 9.56. The van der Waals surface area contributed by atoms with Crippen LogP contribution in [0.5, 0.6) is 0 Å². The second-order valence-corrected chi connectivity index (χ2v) is 10.4. The minimum Gasteiger partial charge on any atom is -0.0625 e. The zero-order valence-electron chi connectivity index (χ0n) is 15.9. The maximum Gasteiger partial charge on any atom is -0.0266 e. The Morgan fingerprint density at radius 2 is 1.57 bits per heavy atom. The first kappa shape index (κ1) is 16.5. The van der Waals surface area contributed by atoms with Crippen molar-refractivity contribution in [3.05, 3.63) is 0 Å². The molecule has 0 heterocycles. The minimum atomic E-state index is 0.823. The van der Waals surface area contributed by atoms with Gasteiger partial charge in [0.05, 0.1) is 0 Å². The molecule has 0 aliphatic heterocycles. The van der Waals surface area contributed by atoms with Crippen LogP contribution in [-0.4, -0.2) is 0 Å². The van der Waals surface area contributed by atoms with E-state index in [4.69, 9.17) is 0 Å². The van der Waals surface area contributed by atoms with Gasteiger partial charge in [0.2, 0.25) is 0 Å². The molecule has 4 atom stereocenters. The highest BCUT2D eigenvalue weighted by Gasteiger charge is 2.49. The van der Waals surface area contributed by atoms with Gasteiger partial charge in [0.1, 0.15) is 0 Å². The van der Waals surface area contributed by atoms with Crippen molar-refractivity contribution in [2.45, 2.75) is 104 Å². The third-order valence-electron chi connectivity index (χ3n) is 8.97. The standard InChI is InChI=1S/C23H40/c1-17(2)20-9-8-18(14-20)16-23(12-5-13-23)22-11-10-21(15-22)19-6-3-4-7-19/h17-22H,3-16H2,1-2H3. The van der Waals surface area contributed by atoms with Crippen LogP contribution in [0.3, 0.4) is 0 Å². The van der Waals surface area contributed by atoms with Crippen molar-refractivity contribution in [2.75, 3.05) is 0 Å². The van der Waals surface area contributed by atoms with E-state index in [1.54, 1.807) is 70.6 Å². The number of hydrogen-bond donors (Lipinski definition) is 0. The van der Waals surface area contributed by atoms with E-state index in [0.717, 1.165) is 40.9 Å². The van der Waals surface area contributed by atoms with Crippen LogP contribution in [0.4, 0.5) is 0 Å². The summed E-state index contributed by atoms with van der Waals surface area (Å²) in [7, 11) is 0. The maximum absolute atomic E-state index is 2.45. The minimum absolute atomic E-state index is 0.823. The van der Waals surface area contributed by atoms with Gasteiger partial charge in [-0.25, -0.2) is 0 Å². The monoisotopic (exact) mass is 316 g/mol. The zero-order chi connectivity index (χ0) is 15.9. The number of rotatable bonds is 5. The molecule has 0 aromatic carbocycles. The highest BCUT2D eigenvalue weighted by Crippen LogP contribution is 2.60. The molecule has 132 valence electrons. The van der Waals surface area contributed by atoms with E-state index in [-0.39, 0.29) is 0 Å². The molecule has 4 rings (SSSR count). The van der Waals surface area contributed by atoms with E-state index < -0.39 is 0 Å². The summed E-state index contributed by atoms with van der Waals surface area (Å²) in [5.41, 5.74) is 0.823. The van der Waals surface area contributed by atoms with Gasteiger partial charge in [-0.05, 0) is 92.3 Å². The fourth-order valence-corrected chi connectivity index (χ4v) is 7.32. The van der Waals surface area contributed by atoms with Crippen LogP contribution in [-0.2, 0) is 0 Å². The molecule has 4 unspecified atom stereocenters. The quantitative estimate of drug-likeness (QED) is 0.502. The fourth-order valence-electron chi connectivity index (χ4n) is 7.32. The molecule has 4 aliphatic carbocycles. The first-order chi connectivity index (χ1) is 11.2. The van der Waals surface area contributed by atoms with Crippen LogP contribution in [0.2, 0.25) is 0 Å². The van der Waals surface area contributed by atoms with E-state index in [1.165, 1.54) is 19.3 Å². The molecular weight excluding hydrogens is 276 g/mol. The normalized spacial score (nSPS) is 40.8. The molecule has 4 fully saturated rings. The number of hydrogen-bond acceptors (Lipinski definition) is 0. The Morgan fingerprint density at radius 3 is 2.17 bits per heavy atom. The molecule has 0 saturated heterocycles. The summed E-state index contributed by atoms with van der Waals surface area (Å²) in [5, 5.41) is 0. The molecule has 0 spiro atoms. The van der Waals surface area contributed by atoms with Gasteiger partial charge in [0, 0.05) is 0 Å². The van der Waals surface area contributed by atoms with Crippen molar-refractivity contribution in [3.8, 4) is 0 Å². The summed E-state index contributed by atoms with van der Waals surface area (Å²) in [4.78, 5) is 0. The van der Waals surface area contributed by atoms with E-state index in [1.807, 2.05) is 0 Å². The first-order valence-corrected chi connectivity index (χ1v) is 11.2. The molecule has 0 aromatic rings. The summed E-state index contributed by atoms with van der Waals surface area (Å²) < 4.78 is 0. The Kier molecular flexibility index (Phi) is 4.81. The average Bonchev–Trinajstić information content (AvgIpc) is 3.22. The van der Waals surface area contributed by atoms with Crippen molar-refractivity contribution >= 4 is 0 Å². The Bertz CT molecular complexity index is 385. The van der Waals surface area contributed by atoms with Crippen LogP contribution in [0.25, 0.3) is 0 Å². The van der Waals surface area contributed by atoms with Crippen LogP contribution in [0, 0.1) is 40.9 Å². The summed E-state index contributed by atoms with van der Waals surface area (Å²) in [5.74, 6) is 6.46. The van der Waals surface area contributed by atoms with E-state index in [2.05, 4.69) is 13.8 Å². The molecule has 0 amide bonds. The van der Waals surface area contributed by atoms with Gasteiger partial charge in [-0.1, -0.05) is 52.4 Å². The third kappa shape index (κ3) is 3.25. The lowest BCUT2D eigenvalue weighted by Gasteiger charge is -2.49. The van der Waals surface area contributed by atoms with Crippen LogP contribution < -0.4 is 0 Å². The Labute approximate surface area is 145 Å². The molecular formula is C23H40. The first-order valence-electron chi connectivity index (χ1n) is 11.2. The Morgan fingerprint density at radius 1 is 0.783 bits per heavy atom. The summed E-state index contributed by atoms with van der Waals surface area (Å²) in [6.45, 7) is 4.91. The van der Waals surface area contributed by atoms with Gasteiger partial charge in [-0.2, -0.15) is 0 Å². The van der Waals surface area contributed by atoms with Gasteiger partial charge in [0.15, 0.2) is 0 Å². The largest absolute Gasteiger partial charge is 0.0625 e. The van der Waals surface area contributed by atoms with Crippen LogP contribution in [0.1, 0.15) is 104 Å². The Balaban J connectivity index is 1.34. The second kappa shape index (κ2) is 6.72. The molecule has 4 aliphatic rings. The average molecular weight is 317 g/mol. The van der Waals surface area contributed by atoms with Crippen molar-refractivity contribution < 1.29 is 0 Å². The molecule has 0 bridgehead atoms. The van der Waals surface area contributed by atoms with Gasteiger partial charge < -0.3 is 0 Å². The smallest absolute Gasteiger partial charge is 0.0266 e. The molecule has 4 saturated carbocycles. The molecule has 0 nitrogen and oxygen atoms in total. The van der Waals surface area contributed by atoms with E-state index in [0.29, 0.717) is 0 Å². The third-order valence-corrected chi connectivity index (χ3v) is 8.97. The highest BCUT2D eigenvalue weighted by molar-refractivity contribution is 4.99. The van der Waals surface area contributed by atoms with Crippen LogP contribution >= 0.6 is 0 Å². The van der Waals surface area contributed by atoms with Gasteiger partial charge >= 0.3 is 0 Å². The van der Waals surface area contributed by atoms with E-state index >= 15 is 0 Å². The lowest BCUT2D eigenvalue weighted by Crippen LogP contribution is -2.38.